The molecule has 0 atom stereocenters. The molecule has 3 heteroatoms. The van der Waals surface area contributed by atoms with E-state index in [4.69, 9.17) is 4.74 Å². The van der Waals surface area contributed by atoms with E-state index in [9.17, 15) is 0 Å². The molecule has 1 aliphatic rings. The molecule has 1 rings (SSSR count). The summed E-state index contributed by atoms with van der Waals surface area (Å²) in [7, 11) is 1.79. The monoisotopic (exact) mass is 228 g/mol. The molecule has 1 saturated carbocycles. The number of nitrogens with zero attached hydrogens (tertiary/aromatic N) is 1. The largest absolute Gasteiger partial charge is 0.383 e. The predicted octanol–water partition coefficient (Wildman–Crippen LogP) is 1.73. The molecule has 0 unspecified atom stereocenters. The maximum Gasteiger partial charge on any atom is 0.0589 e. The zero-order valence-electron chi connectivity index (χ0n) is 11.4. The van der Waals surface area contributed by atoms with Gasteiger partial charge in [-0.2, -0.15) is 0 Å². The van der Waals surface area contributed by atoms with Gasteiger partial charge in [0.1, 0.15) is 0 Å². The lowest BCUT2D eigenvalue weighted by Gasteiger charge is -2.33. The maximum atomic E-state index is 5.19. The van der Waals surface area contributed by atoms with Crippen LogP contribution in [-0.2, 0) is 4.74 Å². The van der Waals surface area contributed by atoms with E-state index < -0.39 is 0 Å². The van der Waals surface area contributed by atoms with Crippen molar-refractivity contribution in [2.75, 3.05) is 39.9 Å². The van der Waals surface area contributed by atoms with E-state index in [0.29, 0.717) is 5.41 Å². The topological polar surface area (TPSA) is 24.5 Å². The van der Waals surface area contributed by atoms with Crippen molar-refractivity contribution in [3.8, 4) is 0 Å². The van der Waals surface area contributed by atoms with Crippen LogP contribution in [0.1, 0.15) is 33.6 Å². The third-order valence-corrected chi connectivity index (χ3v) is 3.13. The van der Waals surface area contributed by atoms with Gasteiger partial charge in [-0.05, 0) is 24.8 Å². The van der Waals surface area contributed by atoms with Gasteiger partial charge in [0.15, 0.2) is 0 Å². The van der Waals surface area contributed by atoms with Gasteiger partial charge in [0.05, 0.1) is 6.61 Å². The number of hydrogen-bond donors (Lipinski definition) is 1. The van der Waals surface area contributed by atoms with Gasteiger partial charge in [0.25, 0.3) is 0 Å². The molecule has 1 aliphatic carbocycles. The number of nitrogens with one attached hydrogen (secondary N) is 1. The Bertz CT molecular complexity index is 190. The lowest BCUT2D eigenvalue weighted by molar-refractivity contribution is 0.112. The maximum absolute atomic E-state index is 5.19. The average Bonchev–Trinajstić information content (AvgIpc) is 3.05. The highest BCUT2D eigenvalue weighted by molar-refractivity contribution is 4.88. The highest BCUT2D eigenvalue weighted by Gasteiger charge is 2.32. The molecule has 0 radical (unpaired) electrons. The summed E-state index contributed by atoms with van der Waals surface area (Å²) < 4.78 is 5.19. The van der Waals surface area contributed by atoms with Crippen molar-refractivity contribution in [2.24, 2.45) is 5.41 Å². The molecule has 0 spiro atoms. The highest BCUT2D eigenvalue weighted by Crippen LogP contribution is 2.29. The summed E-state index contributed by atoms with van der Waals surface area (Å²) in [4.78, 5) is 2.60. The molecule has 3 nitrogen and oxygen atoms in total. The van der Waals surface area contributed by atoms with Crippen LogP contribution in [0.15, 0.2) is 0 Å². The van der Waals surface area contributed by atoms with Crippen molar-refractivity contribution in [1.82, 2.24) is 10.2 Å². The highest BCUT2D eigenvalue weighted by atomic mass is 16.5. The van der Waals surface area contributed by atoms with E-state index in [2.05, 4.69) is 31.0 Å². The van der Waals surface area contributed by atoms with Crippen LogP contribution in [0.3, 0.4) is 0 Å². The Hall–Kier alpha value is -0.120. The summed E-state index contributed by atoms with van der Waals surface area (Å²) in [6.45, 7) is 12.1. The normalized spacial score (nSPS) is 17.1. The van der Waals surface area contributed by atoms with Gasteiger partial charge in [-0.25, -0.2) is 0 Å². The van der Waals surface area contributed by atoms with Gasteiger partial charge in [0.2, 0.25) is 0 Å². The first-order chi connectivity index (χ1) is 7.59. The van der Waals surface area contributed by atoms with E-state index in [-0.39, 0.29) is 0 Å². The van der Waals surface area contributed by atoms with Crippen LogP contribution >= 0.6 is 0 Å². The van der Waals surface area contributed by atoms with Gasteiger partial charge < -0.3 is 10.1 Å². The van der Waals surface area contributed by atoms with Crippen LogP contribution in [0, 0.1) is 5.41 Å². The summed E-state index contributed by atoms with van der Waals surface area (Å²) in [5.41, 5.74) is 0.354. The molecular weight excluding hydrogens is 200 g/mol. The Morgan fingerprint density at radius 2 is 2.06 bits per heavy atom. The molecule has 96 valence electrons. The van der Waals surface area contributed by atoms with Crippen molar-refractivity contribution in [3.63, 3.8) is 0 Å². The summed E-state index contributed by atoms with van der Waals surface area (Å²) >= 11 is 0. The molecular formula is C13H28N2O. The number of methoxy groups -OCH3 is 1. The standard InChI is InChI=1S/C13H28N2O/c1-5-14-10-13(2,3)11-15(8-9-16-4)12-6-7-12/h12,14H,5-11H2,1-4H3. The zero-order valence-corrected chi connectivity index (χ0v) is 11.4. The van der Waals surface area contributed by atoms with Crippen LogP contribution in [0.2, 0.25) is 0 Å². The fourth-order valence-corrected chi connectivity index (χ4v) is 2.11. The van der Waals surface area contributed by atoms with Crippen molar-refractivity contribution in [2.45, 2.75) is 39.7 Å². The number of ether oxygens (including phenoxy) is 1. The van der Waals surface area contributed by atoms with Crippen LogP contribution in [0.4, 0.5) is 0 Å². The van der Waals surface area contributed by atoms with E-state index in [0.717, 1.165) is 32.3 Å². The first kappa shape index (κ1) is 13.9. The fourth-order valence-electron chi connectivity index (χ4n) is 2.11. The van der Waals surface area contributed by atoms with Crippen LogP contribution in [0.5, 0.6) is 0 Å². The van der Waals surface area contributed by atoms with Crippen LogP contribution in [-0.4, -0.2) is 50.8 Å². The second-order valence-corrected chi connectivity index (χ2v) is 5.64. The van der Waals surface area contributed by atoms with Crippen molar-refractivity contribution < 1.29 is 4.74 Å². The smallest absolute Gasteiger partial charge is 0.0589 e. The minimum atomic E-state index is 0.354. The first-order valence-corrected chi connectivity index (χ1v) is 6.53. The molecule has 0 amide bonds. The first-order valence-electron chi connectivity index (χ1n) is 6.53. The van der Waals surface area contributed by atoms with Crippen LogP contribution < -0.4 is 5.32 Å². The van der Waals surface area contributed by atoms with Gasteiger partial charge in [-0.3, -0.25) is 4.90 Å². The van der Waals surface area contributed by atoms with E-state index in [1.54, 1.807) is 7.11 Å². The van der Waals surface area contributed by atoms with Crippen molar-refractivity contribution >= 4 is 0 Å². The van der Waals surface area contributed by atoms with Crippen molar-refractivity contribution in [1.29, 1.82) is 0 Å². The molecule has 0 aliphatic heterocycles. The molecule has 0 aromatic heterocycles. The molecule has 0 heterocycles. The summed E-state index contributed by atoms with van der Waals surface area (Å²) in [6, 6.07) is 0.830. The lowest BCUT2D eigenvalue weighted by Crippen LogP contribution is -2.42. The van der Waals surface area contributed by atoms with Crippen LogP contribution in [0.25, 0.3) is 0 Å². The second kappa shape index (κ2) is 6.58. The Balaban J connectivity index is 2.33. The summed E-state index contributed by atoms with van der Waals surface area (Å²) in [5, 5.41) is 3.45. The molecule has 0 aromatic rings. The van der Waals surface area contributed by atoms with Gasteiger partial charge >= 0.3 is 0 Å². The average molecular weight is 228 g/mol. The minimum Gasteiger partial charge on any atom is -0.383 e. The van der Waals surface area contributed by atoms with Gasteiger partial charge in [-0.1, -0.05) is 20.8 Å². The summed E-state index contributed by atoms with van der Waals surface area (Å²) in [6.07, 6.45) is 2.75. The molecule has 1 N–H and O–H groups in total. The van der Waals surface area contributed by atoms with E-state index in [1.807, 2.05) is 0 Å². The molecule has 0 saturated heterocycles. The van der Waals surface area contributed by atoms with Gasteiger partial charge in [-0.15, -0.1) is 0 Å². The SMILES string of the molecule is CCNCC(C)(C)CN(CCOC)C1CC1. The van der Waals surface area contributed by atoms with E-state index in [1.165, 1.54) is 19.4 Å². The van der Waals surface area contributed by atoms with Crippen molar-refractivity contribution in [3.05, 3.63) is 0 Å². The Labute approximate surface area is 101 Å². The molecule has 0 bridgehead atoms. The Kier molecular flexibility index (Phi) is 5.73. The minimum absolute atomic E-state index is 0.354. The third kappa shape index (κ3) is 5.28. The zero-order chi connectivity index (χ0) is 12.0. The Morgan fingerprint density at radius 1 is 1.38 bits per heavy atom. The van der Waals surface area contributed by atoms with Gasteiger partial charge in [0, 0.05) is 32.8 Å². The number of rotatable bonds is 9. The molecule has 0 aromatic carbocycles. The predicted molar refractivity (Wildman–Crippen MR) is 68.8 cm³/mol. The summed E-state index contributed by atoms with van der Waals surface area (Å²) in [5.74, 6) is 0. The second-order valence-electron chi connectivity index (χ2n) is 5.64. The molecule has 16 heavy (non-hydrogen) atoms. The molecule has 1 fully saturated rings. The lowest BCUT2D eigenvalue weighted by atomic mass is 9.92. The number of hydrogen-bond acceptors (Lipinski definition) is 3. The Morgan fingerprint density at radius 3 is 2.56 bits per heavy atom. The third-order valence-electron chi connectivity index (χ3n) is 3.13. The quantitative estimate of drug-likeness (QED) is 0.650. The fraction of sp³-hybridized carbons (Fsp3) is 1.00. The van der Waals surface area contributed by atoms with E-state index >= 15 is 0 Å².